The highest BCUT2D eigenvalue weighted by molar-refractivity contribution is 9.09. The minimum absolute atomic E-state index is 0.783. The summed E-state index contributed by atoms with van der Waals surface area (Å²) in [7, 11) is 0. The van der Waals surface area contributed by atoms with E-state index in [4.69, 9.17) is 0 Å². The number of piperazine rings is 1. The molecule has 0 aromatic rings. The zero-order chi connectivity index (χ0) is 10.4. The topological polar surface area (TPSA) is 6.48 Å². The molecular formula is C11H23BrN2. The summed E-state index contributed by atoms with van der Waals surface area (Å²) in [4.78, 5) is 5.18. The Morgan fingerprint density at radius 2 is 1.86 bits per heavy atom. The highest BCUT2D eigenvalue weighted by Gasteiger charge is 2.19. The molecule has 0 aliphatic carbocycles. The maximum Gasteiger partial charge on any atom is 0.0159 e. The molecule has 2 nitrogen and oxygen atoms in total. The van der Waals surface area contributed by atoms with Crippen molar-refractivity contribution in [2.75, 3.05) is 38.1 Å². The minimum Gasteiger partial charge on any atom is -0.300 e. The van der Waals surface area contributed by atoms with E-state index in [1.165, 1.54) is 45.6 Å². The van der Waals surface area contributed by atoms with Gasteiger partial charge in [-0.2, -0.15) is 0 Å². The maximum absolute atomic E-state index is 3.50. The molecule has 84 valence electrons. The van der Waals surface area contributed by atoms with E-state index >= 15 is 0 Å². The SMILES string of the molecule is CCCC(C)N1CCN(CCBr)CC1. The Balaban J connectivity index is 2.21. The Bertz CT molecular complexity index is 144. The van der Waals surface area contributed by atoms with Gasteiger partial charge in [0.1, 0.15) is 0 Å². The number of halogens is 1. The van der Waals surface area contributed by atoms with E-state index in [1.807, 2.05) is 0 Å². The van der Waals surface area contributed by atoms with Gasteiger partial charge in [-0.05, 0) is 13.3 Å². The standard InChI is InChI=1S/C11H23BrN2/c1-3-4-11(2)14-9-7-13(6-5-12)8-10-14/h11H,3-10H2,1-2H3. The second kappa shape index (κ2) is 6.81. The third kappa shape index (κ3) is 3.87. The van der Waals surface area contributed by atoms with Crippen LogP contribution in [-0.2, 0) is 0 Å². The van der Waals surface area contributed by atoms with Crippen LogP contribution in [0.5, 0.6) is 0 Å². The lowest BCUT2D eigenvalue weighted by molar-refractivity contribution is 0.103. The Hall–Kier alpha value is 0.400. The largest absolute Gasteiger partial charge is 0.300 e. The molecule has 0 saturated carbocycles. The molecule has 0 N–H and O–H groups in total. The summed E-state index contributed by atoms with van der Waals surface area (Å²) in [6, 6.07) is 0.783. The van der Waals surface area contributed by atoms with Crippen LogP contribution < -0.4 is 0 Å². The summed E-state index contributed by atoms with van der Waals surface area (Å²) in [6.45, 7) is 10.9. The van der Waals surface area contributed by atoms with E-state index in [2.05, 4.69) is 39.6 Å². The molecule has 0 radical (unpaired) electrons. The number of alkyl halides is 1. The normalized spacial score (nSPS) is 22.5. The van der Waals surface area contributed by atoms with Gasteiger partial charge >= 0.3 is 0 Å². The Kier molecular flexibility index (Phi) is 6.06. The van der Waals surface area contributed by atoms with Crippen molar-refractivity contribution >= 4 is 15.9 Å². The van der Waals surface area contributed by atoms with Gasteiger partial charge in [0, 0.05) is 44.1 Å². The first kappa shape index (κ1) is 12.5. The van der Waals surface area contributed by atoms with Gasteiger partial charge in [-0.1, -0.05) is 29.3 Å². The maximum atomic E-state index is 3.50. The second-order valence-corrected chi connectivity index (χ2v) is 5.00. The van der Waals surface area contributed by atoms with Crippen molar-refractivity contribution in [2.45, 2.75) is 32.7 Å². The van der Waals surface area contributed by atoms with Crippen LogP contribution in [0.4, 0.5) is 0 Å². The van der Waals surface area contributed by atoms with Crippen LogP contribution in [0.1, 0.15) is 26.7 Å². The fourth-order valence-corrected chi connectivity index (χ4v) is 2.65. The van der Waals surface area contributed by atoms with Gasteiger partial charge in [-0.3, -0.25) is 9.80 Å². The van der Waals surface area contributed by atoms with Crippen molar-refractivity contribution < 1.29 is 0 Å². The van der Waals surface area contributed by atoms with Gasteiger partial charge < -0.3 is 0 Å². The monoisotopic (exact) mass is 262 g/mol. The Morgan fingerprint density at radius 1 is 1.21 bits per heavy atom. The van der Waals surface area contributed by atoms with Crippen LogP contribution >= 0.6 is 15.9 Å². The van der Waals surface area contributed by atoms with Gasteiger partial charge in [0.05, 0.1) is 0 Å². The van der Waals surface area contributed by atoms with Gasteiger partial charge in [0.25, 0.3) is 0 Å². The number of nitrogens with zero attached hydrogens (tertiary/aromatic N) is 2. The molecule has 0 aromatic carbocycles. The van der Waals surface area contributed by atoms with Crippen molar-refractivity contribution in [1.82, 2.24) is 9.80 Å². The summed E-state index contributed by atoms with van der Waals surface area (Å²) in [5.41, 5.74) is 0. The summed E-state index contributed by atoms with van der Waals surface area (Å²) in [5, 5.41) is 1.11. The van der Waals surface area contributed by atoms with Crippen molar-refractivity contribution in [2.24, 2.45) is 0 Å². The summed E-state index contributed by atoms with van der Waals surface area (Å²) >= 11 is 3.50. The molecule has 1 saturated heterocycles. The summed E-state index contributed by atoms with van der Waals surface area (Å²) in [5.74, 6) is 0. The van der Waals surface area contributed by atoms with E-state index < -0.39 is 0 Å². The molecule has 1 atom stereocenters. The molecule has 1 fully saturated rings. The van der Waals surface area contributed by atoms with Crippen LogP contribution in [0.3, 0.4) is 0 Å². The van der Waals surface area contributed by atoms with Gasteiger partial charge in [-0.25, -0.2) is 0 Å². The van der Waals surface area contributed by atoms with Crippen LogP contribution in [0, 0.1) is 0 Å². The smallest absolute Gasteiger partial charge is 0.0159 e. The fourth-order valence-electron chi connectivity index (χ4n) is 2.15. The van der Waals surface area contributed by atoms with Crippen LogP contribution in [0.2, 0.25) is 0 Å². The molecule has 1 aliphatic heterocycles. The third-order valence-corrected chi connectivity index (χ3v) is 3.49. The fraction of sp³-hybridized carbons (Fsp3) is 1.00. The zero-order valence-electron chi connectivity index (χ0n) is 9.51. The molecule has 0 bridgehead atoms. The van der Waals surface area contributed by atoms with E-state index in [0.717, 1.165) is 11.4 Å². The van der Waals surface area contributed by atoms with E-state index in [1.54, 1.807) is 0 Å². The van der Waals surface area contributed by atoms with Crippen molar-refractivity contribution in [1.29, 1.82) is 0 Å². The van der Waals surface area contributed by atoms with Crippen LogP contribution in [0.25, 0.3) is 0 Å². The molecule has 1 unspecified atom stereocenters. The average molecular weight is 263 g/mol. The highest BCUT2D eigenvalue weighted by atomic mass is 79.9. The Labute approximate surface area is 96.8 Å². The molecule has 0 aromatic heterocycles. The molecule has 3 heteroatoms. The zero-order valence-corrected chi connectivity index (χ0v) is 11.1. The first-order valence-electron chi connectivity index (χ1n) is 5.80. The lowest BCUT2D eigenvalue weighted by Crippen LogP contribution is -2.49. The van der Waals surface area contributed by atoms with Gasteiger partial charge in [0.2, 0.25) is 0 Å². The van der Waals surface area contributed by atoms with Crippen molar-refractivity contribution in [3.63, 3.8) is 0 Å². The summed E-state index contributed by atoms with van der Waals surface area (Å²) < 4.78 is 0. The molecule has 1 heterocycles. The first-order valence-corrected chi connectivity index (χ1v) is 6.92. The molecule has 0 spiro atoms. The van der Waals surface area contributed by atoms with Crippen LogP contribution in [-0.4, -0.2) is 53.9 Å². The second-order valence-electron chi connectivity index (χ2n) is 4.20. The van der Waals surface area contributed by atoms with E-state index in [-0.39, 0.29) is 0 Å². The predicted molar refractivity (Wildman–Crippen MR) is 66.2 cm³/mol. The first-order chi connectivity index (χ1) is 6.77. The lowest BCUT2D eigenvalue weighted by atomic mass is 10.1. The quantitative estimate of drug-likeness (QED) is 0.701. The van der Waals surface area contributed by atoms with Crippen LogP contribution in [0.15, 0.2) is 0 Å². The van der Waals surface area contributed by atoms with E-state index in [9.17, 15) is 0 Å². The highest BCUT2D eigenvalue weighted by Crippen LogP contribution is 2.10. The number of hydrogen-bond acceptors (Lipinski definition) is 2. The summed E-state index contributed by atoms with van der Waals surface area (Å²) in [6.07, 6.45) is 2.65. The molecule has 1 rings (SSSR count). The molecule has 14 heavy (non-hydrogen) atoms. The van der Waals surface area contributed by atoms with Gasteiger partial charge in [-0.15, -0.1) is 0 Å². The molecule has 0 amide bonds. The van der Waals surface area contributed by atoms with Gasteiger partial charge in [0.15, 0.2) is 0 Å². The van der Waals surface area contributed by atoms with Crippen molar-refractivity contribution in [3.8, 4) is 0 Å². The average Bonchev–Trinajstić information content (AvgIpc) is 2.20. The predicted octanol–water partition coefficient (Wildman–Crippen LogP) is 2.19. The number of hydrogen-bond donors (Lipinski definition) is 0. The molecular weight excluding hydrogens is 240 g/mol. The third-order valence-electron chi connectivity index (χ3n) is 3.14. The minimum atomic E-state index is 0.783. The molecule has 1 aliphatic rings. The van der Waals surface area contributed by atoms with Crippen molar-refractivity contribution in [3.05, 3.63) is 0 Å². The number of rotatable bonds is 5. The lowest BCUT2D eigenvalue weighted by Gasteiger charge is -2.37. The Morgan fingerprint density at radius 3 is 2.36 bits per heavy atom. The van der Waals surface area contributed by atoms with E-state index in [0.29, 0.717) is 0 Å².